The van der Waals surface area contributed by atoms with Crippen molar-refractivity contribution in [3.05, 3.63) is 58.7 Å². The van der Waals surface area contributed by atoms with E-state index in [2.05, 4.69) is 20.6 Å². The lowest BCUT2D eigenvalue weighted by molar-refractivity contribution is 0.0994. The summed E-state index contributed by atoms with van der Waals surface area (Å²) < 4.78 is 0. The lowest BCUT2D eigenvalue weighted by Gasteiger charge is -2.04. The highest BCUT2D eigenvalue weighted by Crippen LogP contribution is 2.25. The number of H-pyrrole nitrogens is 1. The minimum Gasteiger partial charge on any atom is -0.364 e. The molecule has 0 aliphatic carbocycles. The first-order chi connectivity index (χ1) is 12.9. The fraction of sp³-hybridized carbons (Fsp3) is 0.0588. The number of aromatic amines is 1. The third-order valence-corrected chi connectivity index (χ3v) is 4.41. The Labute approximate surface area is 157 Å². The van der Waals surface area contributed by atoms with Crippen LogP contribution < -0.4 is 22.1 Å². The number of nitrogens with one attached hydrogen (secondary N) is 3. The van der Waals surface area contributed by atoms with E-state index < -0.39 is 11.9 Å². The van der Waals surface area contributed by atoms with E-state index in [1.54, 1.807) is 41.9 Å². The number of anilines is 1. The molecule has 9 nitrogen and oxygen atoms in total. The number of thiazole rings is 1. The van der Waals surface area contributed by atoms with Crippen molar-refractivity contribution in [3.8, 4) is 11.3 Å². The molecule has 1 aromatic carbocycles. The van der Waals surface area contributed by atoms with Crippen LogP contribution in [0.5, 0.6) is 0 Å². The Morgan fingerprint density at radius 2 is 1.89 bits per heavy atom. The van der Waals surface area contributed by atoms with Gasteiger partial charge in [0.2, 0.25) is 0 Å². The number of urea groups is 1. The number of hydrogen-bond acceptors (Lipinski definition) is 5. The molecule has 0 saturated heterocycles. The van der Waals surface area contributed by atoms with Crippen LogP contribution in [-0.2, 0) is 6.54 Å². The first-order valence-electron chi connectivity index (χ1n) is 7.80. The lowest BCUT2D eigenvalue weighted by Crippen LogP contribution is -2.28. The zero-order valence-electron chi connectivity index (χ0n) is 14.0. The predicted octanol–water partition coefficient (Wildman–Crippen LogP) is 1.66. The van der Waals surface area contributed by atoms with Crippen LogP contribution in [0.1, 0.15) is 26.4 Å². The van der Waals surface area contributed by atoms with E-state index in [0.717, 1.165) is 5.56 Å². The Morgan fingerprint density at radius 1 is 1.15 bits per heavy atom. The normalized spacial score (nSPS) is 10.4. The van der Waals surface area contributed by atoms with Gasteiger partial charge in [-0.3, -0.25) is 14.9 Å². The van der Waals surface area contributed by atoms with Gasteiger partial charge in [-0.05, 0) is 23.8 Å². The van der Waals surface area contributed by atoms with Gasteiger partial charge in [0.25, 0.3) is 11.8 Å². The van der Waals surface area contributed by atoms with Crippen molar-refractivity contribution in [3.63, 3.8) is 0 Å². The third kappa shape index (κ3) is 4.50. The summed E-state index contributed by atoms with van der Waals surface area (Å²) in [6, 6.07) is 7.73. The fourth-order valence-electron chi connectivity index (χ4n) is 2.28. The molecule has 2 heterocycles. The van der Waals surface area contributed by atoms with Crippen molar-refractivity contribution in [2.24, 2.45) is 11.5 Å². The maximum Gasteiger partial charge on any atom is 0.312 e. The Morgan fingerprint density at radius 3 is 2.52 bits per heavy atom. The standard InChI is InChI=1S/C17H16N6O3S/c18-14(24)12-5-11(7-20-12)13-8-27-17(22-13)23-15(25)10-3-1-9(2-4-10)6-21-16(19)26/h1-5,7-8,20H,6H2,(H2,18,24)(H3,19,21,26)(H,22,23,25). The van der Waals surface area contributed by atoms with Crippen LogP contribution in [0.15, 0.2) is 41.9 Å². The summed E-state index contributed by atoms with van der Waals surface area (Å²) in [7, 11) is 0. The molecule has 0 fully saturated rings. The molecule has 3 rings (SSSR count). The first-order valence-corrected chi connectivity index (χ1v) is 8.68. The minimum atomic E-state index is -0.609. The first kappa shape index (κ1) is 18.1. The monoisotopic (exact) mass is 384 g/mol. The van der Waals surface area contributed by atoms with Gasteiger partial charge in [-0.15, -0.1) is 11.3 Å². The third-order valence-electron chi connectivity index (χ3n) is 3.65. The molecule has 138 valence electrons. The van der Waals surface area contributed by atoms with E-state index in [9.17, 15) is 14.4 Å². The molecule has 0 atom stereocenters. The van der Waals surface area contributed by atoms with Gasteiger partial charge in [-0.25, -0.2) is 9.78 Å². The molecule has 10 heteroatoms. The highest BCUT2D eigenvalue weighted by atomic mass is 32.1. The molecule has 4 amide bonds. The van der Waals surface area contributed by atoms with Crippen molar-refractivity contribution >= 4 is 34.3 Å². The van der Waals surface area contributed by atoms with Gasteiger partial charge in [0, 0.05) is 29.2 Å². The predicted molar refractivity (Wildman–Crippen MR) is 101 cm³/mol. The van der Waals surface area contributed by atoms with Crippen LogP contribution in [0, 0.1) is 0 Å². The van der Waals surface area contributed by atoms with Crippen LogP contribution in [0.2, 0.25) is 0 Å². The van der Waals surface area contributed by atoms with E-state index in [-0.39, 0.29) is 18.1 Å². The second kappa shape index (κ2) is 7.70. The van der Waals surface area contributed by atoms with Crippen molar-refractivity contribution in [2.45, 2.75) is 6.54 Å². The SMILES string of the molecule is NC(=O)NCc1ccc(C(=O)Nc2nc(-c3c[nH]c(C(N)=O)c3)cs2)cc1. The average Bonchev–Trinajstić information content (AvgIpc) is 3.29. The quantitative estimate of drug-likeness (QED) is 0.438. The van der Waals surface area contributed by atoms with Crippen molar-refractivity contribution in [1.29, 1.82) is 0 Å². The topological polar surface area (TPSA) is 156 Å². The van der Waals surface area contributed by atoms with Gasteiger partial charge >= 0.3 is 6.03 Å². The van der Waals surface area contributed by atoms with Crippen LogP contribution in [0.4, 0.5) is 9.93 Å². The highest BCUT2D eigenvalue weighted by Gasteiger charge is 2.12. The van der Waals surface area contributed by atoms with Crippen molar-refractivity contribution < 1.29 is 14.4 Å². The Hall–Kier alpha value is -3.66. The number of nitrogens with two attached hydrogens (primary N) is 2. The molecule has 0 saturated carbocycles. The summed E-state index contributed by atoms with van der Waals surface area (Å²) in [5.41, 5.74) is 13.1. The molecule has 0 radical (unpaired) electrons. The maximum absolute atomic E-state index is 12.3. The van der Waals surface area contributed by atoms with Crippen LogP contribution in [-0.4, -0.2) is 27.8 Å². The number of carbonyl (C=O) groups is 3. The van der Waals surface area contributed by atoms with Crippen molar-refractivity contribution in [1.82, 2.24) is 15.3 Å². The Balaban J connectivity index is 1.65. The van der Waals surface area contributed by atoms with E-state index in [1.807, 2.05) is 0 Å². The number of rotatable bonds is 6. The van der Waals surface area contributed by atoms with Gasteiger partial charge in [-0.2, -0.15) is 0 Å². The number of nitrogens with zero attached hydrogens (tertiary/aromatic N) is 1. The Bertz CT molecular complexity index is 992. The van der Waals surface area contributed by atoms with E-state index in [4.69, 9.17) is 11.5 Å². The number of amides is 4. The smallest absolute Gasteiger partial charge is 0.312 e. The fourth-order valence-corrected chi connectivity index (χ4v) is 3.00. The zero-order chi connectivity index (χ0) is 19.4. The second-order valence-electron chi connectivity index (χ2n) is 5.57. The summed E-state index contributed by atoms with van der Waals surface area (Å²) in [5, 5.41) is 7.39. The minimum absolute atomic E-state index is 0.287. The summed E-state index contributed by atoms with van der Waals surface area (Å²) in [5.74, 6) is -0.864. The number of aromatic nitrogens is 2. The van der Waals surface area contributed by atoms with E-state index in [0.29, 0.717) is 22.0 Å². The molecule has 2 aromatic heterocycles. The van der Waals surface area contributed by atoms with Gasteiger partial charge in [0.05, 0.1) is 5.69 Å². The van der Waals surface area contributed by atoms with Gasteiger partial charge in [-0.1, -0.05) is 12.1 Å². The summed E-state index contributed by atoms with van der Waals surface area (Å²) in [6.45, 7) is 0.289. The highest BCUT2D eigenvalue weighted by molar-refractivity contribution is 7.14. The summed E-state index contributed by atoms with van der Waals surface area (Å²) in [6.07, 6.45) is 1.62. The summed E-state index contributed by atoms with van der Waals surface area (Å²) in [4.78, 5) is 41.3. The lowest BCUT2D eigenvalue weighted by atomic mass is 10.1. The molecule has 3 aromatic rings. The number of primary amides is 2. The van der Waals surface area contributed by atoms with E-state index in [1.165, 1.54) is 11.3 Å². The molecule has 0 bridgehead atoms. The number of benzene rings is 1. The molecule has 7 N–H and O–H groups in total. The summed E-state index contributed by atoms with van der Waals surface area (Å²) >= 11 is 1.27. The van der Waals surface area contributed by atoms with Crippen LogP contribution in [0.25, 0.3) is 11.3 Å². The number of hydrogen-bond donors (Lipinski definition) is 5. The van der Waals surface area contributed by atoms with E-state index >= 15 is 0 Å². The Kier molecular flexibility index (Phi) is 5.18. The molecule has 0 aliphatic heterocycles. The van der Waals surface area contributed by atoms with Gasteiger partial charge in [0.1, 0.15) is 5.69 Å². The maximum atomic E-state index is 12.3. The van der Waals surface area contributed by atoms with Gasteiger partial charge < -0.3 is 21.8 Å². The molecule has 0 spiro atoms. The average molecular weight is 384 g/mol. The van der Waals surface area contributed by atoms with Crippen molar-refractivity contribution in [2.75, 3.05) is 5.32 Å². The molecule has 0 aliphatic rings. The number of carbonyl (C=O) groups excluding carboxylic acids is 3. The second-order valence-corrected chi connectivity index (χ2v) is 6.43. The molecule has 0 unspecified atom stereocenters. The molecular formula is C17H16N6O3S. The zero-order valence-corrected chi connectivity index (χ0v) is 14.8. The molecular weight excluding hydrogens is 368 g/mol. The van der Waals surface area contributed by atoms with Crippen LogP contribution in [0.3, 0.4) is 0 Å². The molecule has 27 heavy (non-hydrogen) atoms. The largest absolute Gasteiger partial charge is 0.364 e. The van der Waals surface area contributed by atoms with Gasteiger partial charge in [0.15, 0.2) is 5.13 Å². The van der Waals surface area contributed by atoms with Crippen LogP contribution >= 0.6 is 11.3 Å².